The van der Waals surface area contributed by atoms with E-state index in [1.165, 1.54) is 0 Å². The van der Waals surface area contributed by atoms with Gasteiger partial charge in [0.25, 0.3) is 10.2 Å². The molecular weight excluding hydrogens is 484 g/mol. The van der Waals surface area contributed by atoms with E-state index in [4.69, 9.17) is 9.47 Å². The Morgan fingerprint density at radius 3 is 1.41 bits per heavy atom. The second-order valence-electron chi connectivity index (χ2n) is 10.7. The summed E-state index contributed by atoms with van der Waals surface area (Å²) in [6.45, 7) is 10.8. The minimum absolute atomic E-state index is 0.246. The van der Waals surface area contributed by atoms with Gasteiger partial charge in [-0.05, 0) is 35.8 Å². The van der Waals surface area contributed by atoms with Crippen LogP contribution in [0.2, 0.25) is 0 Å². The van der Waals surface area contributed by atoms with Crippen LogP contribution in [0.1, 0.15) is 51.7 Å². The standard InChI is InChI=1S/C30H44N2O4S/c1-25(2)19-29(23-35-21-27-13-7-5-8-14-27)31-17-11-12-18-32(37(31,33)34)30(20-26(3)4)24-36-22-28-15-9-6-10-16-28/h5-16,25-26,29-30H,17-24H2,1-4H3. The molecule has 0 aromatic heterocycles. The quantitative estimate of drug-likeness (QED) is 0.297. The van der Waals surface area contributed by atoms with Gasteiger partial charge >= 0.3 is 0 Å². The summed E-state index contributed by atoms with van der Waals surface area (Å²) in [6.07, 6.45) is 5.41. The lowest BCUT2D eigenvalue weighted by atomic mass is 10.0. The smallest absolute Gasteiger partial charge is 0.283 e. The van der Waals surface area contributed by atoms with Crippen LogP contribution in [0, 0.1) is 11.8 Å². The molecule has 3 rings (SSSR count). The van der Waals surface area contributed by atoms with E-state index in [9.17, 15) is 8.42 Å². The van der Waals surface area contributed by atoms with Gasteiger partial charge in [-0.3, -0.25) is 0 Å². The first-order valence-electron chi connectivity index (χ1n) is 13.4. The highest BCUT2D eigenvalue weighted by atomic mass is 32.2. The fourth-order valence-corrected chi connectivity index (χ4v) is 6.62. The fraction of sp³-hybridized carbons (Fsp3) is 0.533. The van der Waals surface area contributed by atoms with E-state index >= 15 is 0 Å². The molecule has 37 heavy (non-hydrogen) atoms. The summed E-state index contributed by atoms with van der Waals surface area (Å²) in [5.41, 5.74) is 2.16. The summed E-state index contributed by atoms with van der Waals surface area (Å²) in [7, 11) is -3.74. The molecular formula is C30H44N2O4S. The zero-order chi connectivity index (χ0) is 26.7. The van der Waals surface area contributed by atoms with Crippen LogP contribution in [0.15, 0.2) is 72.8 Å². The van der Waals surface area contributed by atoms with Crippen molar-refractivity contribution in [2.45, 2.75) is 65.8 Å². The Kier molecular flexibility index (Phi) is 11.8. The fourth-order valence-electron chi connectivity index (χ4n) is 4.75. The molecule has 2 aromatic rings. The molecule has 0 aliphatic carbocycles. The van der Waals surface area contributed by atoms with Crippen LogP contribution in [-0.2, 0) is 32.9 Å². The van der Waals surface area contributed by atoms with Crippen molar-refractivity contribution in [3.8, 4) is 0 Å². The van der Waals surface area contributed by atoms with Crippen molar-refractivity contribution in [2.75, 3.05) is 26.3 Å². The average Bonchev–Trinajstić information content (AvgIpc) is 3.01. The molecule has 1 aliphatic rings. The molecule has 1 aliphatic heterocycles. The molecule has 7 heteroatoms. The van der Waals surface area contributed by atoms with Crippen LogP contribution in [0.25, 0.3) is 0 Å². The molecule has 0 saturated heterocycles. The summed E-state index contributed by atoms with van der Waals surface area (Å²) < 4.78 is 43.7. The molecule has 0 bridgehead atoms. The topological polar surface area (TPSA) is 59.1 Å². The van der Waals surface area contributed by atoms with E-state index in [2.05, 4.69) is 27.7 Å². The average molecular weight is 529 g/mol. The molecule has 0 N–H and O–H groups in total. The highest BCUT2D eigenvalue weighted by Crippen LogP contribution is 2.25. The monoisotopic (exact) mass is 528 g/mol. The van der Waals surface area contributed by atoms with E-state index in [1.807, 2.05) is 72.8 Å². The summed E-state index contributed by atoms with van der Waals surface area (Å²) >= 11 is 0. The summed E-state index contributed by atoms with van der Waals surface area (Å²) in [6, 6.07) is 19.5. The predicted molar refractivity (Wildman–Crippen MR) is 150 cm³/mol. The molecule has 2 atom stereocenters. The van der Waals surface area contributed by atoms with Gasteiger partial charge in [0.1, 0.15) is 0 Å². The van der Waals surface area contributed by atoms with Gasteiger partial charge in [0.05, 0.1) is 38.5 Å². The second-order valence-corrected chi connectivity index (χ2v) is 12.5. The van der Waals surface area contributed by atoms with Crippen LogP contribution in [0.4, 0.5) is 0 Å². The number of ether oxygens (including phenoxy) is 2. The van der Waals surface area contributed by atoms with Crippen LogP contribution in [0.5, 0.6) is 0 Å². The van der Waals surface area contributed by atoms with Gasteiger partial charge in [-0.2, -0.15) is 17.0 Å². The number of nitrogens with zero attached hydrogens (tertiary/aromatic N) is 2. The molecule has 0 saturated carbocycles. The highest BCUT2D eigenvalue weighted by Gasteiger charge is 2.39. The Bertz CT molecular complexity index is 964. The maximum atomic E-state index is 14.1. The van der Waals surface area contributed by atoms with Gasteiger partial charge in [0, 0.05) is 13.1 Å². The van der Waals surface area contributed by atoms with E-state index in [0.717, 1.165) is 24.0 Å². The number of benzene rings is 2. The van der Waals surface area contributed by atoms with Gasteiger partial charge in [-0.15, -0.1) is 0 Å². The van der Waals surface area contributed by atoms with Crippen molar-refractivity contribution in [1.29, 1.82) is 0 Å². The largest absolute Gasteiger partial charge is 0.375 e. The van der Waals surface area contributed by atoms with E-state index < -0.39 is 10.2 Å². The molecule has 204 valence electrons. The Hall–Kier alpha value is -2.03. The summed E-state index contributed by atoms with van der Waals surface area (Å²) in [4.78, 5) is 0. The third-order valence-electron chi connectivity index (χ3n) is 6.48. The Morgan fingerprint density at radius 2 is 1.05 bits per heavy atom. The number of rotatable bonds is 14. The van der Waals surface area contributed by atoms with Crippen molar-refractivity contribution < 1.29 is 17.9 Å². The first kappa shape index (κ1) is 29.5. The first-order valence-corrected chi connectivity index (χ1v) is 14.8. The molecule has 0 fully saturated rings. The predicted octanol–water partition coefficient (Wildman–Crippen LogP) is 5.67. The normalized spacial score (nSPS) is 18.2. The van der Waals surface area contributed by atoms with Gasteiger partial charge in [-0.1, -0.05) is 101 Å². The minimum atomic E-state index is -3.74. The van der Waals surface area contributed by atoms with Gasteiger partial charge in [-0.25, -0.2) is 0 Å². The maximum absolute atomic E-state index is 14.1. The van der Waals surface area contributed by atoms with E-state index in [1.54, 1.807) is 8.61 Å². The lowest BCUT2D eigenvalue weighted by molar-refractivity contribution is 0.0603. The Morgan fingerprint density at radius 1 is 0.676 bits per heavy atom. The Balaban J connectivity index is 1.76. The maximum Gasteiger partial charge on any atom is 0.283 e. The molecule has 2 unspecified atom stereocenters. The number of hydrogen-bond donors (Lipinski definition) is 0. The van der Waals surface area contributed by atoms with Crippen molar-refractivity contribution in [3.05, 3.63) is 83.9 Å². The van der Waals surface area contributed by atoms with Crippen molar-refractivity contribution >= 4 is 10.2 Å². The SMILES string of the molecule is CC(C)CC(COCc1ccccc1)N1CC=CCN(C(COCc2ccccc2)CC(C)C)S1(=O)=O. The third-order valence-corrected chi connectivity index (χ3v) is 8.55. The first-order chi connectivity index (χ1) is 17.8. The van der Waals surface area contributed by atoms with E-state index in [-0.39, 0.29) is 12.1 Å². The van der Waals surface area contributed by atoms with Crippen molar-refractivity contribution in [1.82, 2.24) is 8.61 Å². The molecule has 0 spiro atoms. The highest BCUT2D eigenvalue weighted by molar-refractivity contribution is 7.86. The zero-order valence-electron chi connectivity index (χ0n) is 22.8. The third kappa shape index (κ3) is 9.34. The van der Waals surface area contributed by atoms with Crippen molar-refractivity contribution in [3.63, 3.8) is 0 Å². The lowest BCUT2D eigenvalue weighted by Crippen LogP contribution is -2.53. The van der Waals surface area contributed by atoms with Crippen LogP contribution in [0.3, 0.4) is 0 Å². The molecule has 0 amide bonds. The van der Waals surface area contributed by atoms with Crippen molar-refractivity contribution in [2.24, 2.45) is 11.8 Å². The van der Waals surface area contributed by atoms with Crippen LogP contribution in [-0.4, -0.2) is 55.4 Å². The molecule has 0 radical (unpaired) electrons. The minimum Gasteiger partial charge on any atom is -0.375 e. The zero-order valence-corrected chi connectivity index (χ0v) is 23.6. The van der Waals surface area contributed by atoms with E-state index in [0.29, 0.717) is 51.4 Å². The summed E-state index contributed by atoms with van der Waals surface area (Å²) in [5, 5.41) is 0. The van der Waals surface area contributed by atoms with Crippen LogP contribution < -0.4 is 0 Å². The molecule has 2 aromatic carbocycles. The van der Waals surface area contributed by atoms with Gasteiger partial charge in [0.2, 0.25) is 0 Å². The Labute approximate surface area is 224 Å². The van der Waals surface area contributed by atoms with Gasteiger partial charge < -0.3 is 9.47 Å². The summed E-state index contributed by atoms with van der Waals surface area (Å²) in [5.74, 6) is 0.670. The number of hydrogen-bond acceptors (Lipinski definition) is 4. The second kappa shape index (κ2) is 14.8. The lowest BCUT2D eigenvalue weighted by Gasteiger charge is -2.37. The van der Waals surface area contributed by atoms with Crippen LogP contribution >= 0.6 is 0 Å². The molecule has 6 nitrogen and oxygen atoms in total. The molecule has 1 heterocycles. The van der Waals surface area contributed by atoms with Gasteiger partial charge in [0.15, 0.2) is 0 Å².